The number of fused-ring (bicyclic) bond motifs is 1. The minimum atomic E-state index is -0.244. The SMILES string of the molecule is Cc1ccc([C@H]2C3=C(CCCC3=O)Nc3nc(SCc4ccccc4Cl)nn32)cc1. The third-order valence-electron chi connectivity index (χ3n) is 5.56. The van der Waals surface area contributed by atoms with E-state index in [1.54, 1.807) is 11.8 Å². The first-order chi connectivity index (χ1) is 14.6. The summed E-state index contributed by atoms with van der Waals surface area (Å²) in [4.78, 5) is 17.6. The van der Waals surface area contributed by atoms with Crippen LogP contribution in [0.3, 0.4) is 0 Å². The average Bonchev–Trinajstić information content (AvgIpc) is 3.15. The molecule has 0 spiro atoms. The number of Topliss-reactive ketones (excluding diaryl/α,β-unsaturated/α-hetero) is 1. The summed E-state index contributed by atoms with van der Waals surface area (Å²) < 4.78 is 1.86. The lowest BCUT2D eigenvalue weighted by Crippen LogP contribution is -2.31. The monoisotopic (exact) mass is 436 g/mol. The van der Waals surface area contributed by atoms with E-state index < -0.39 is 0 Å². The van der Waals surface area contributed by atoms with Gasteiger partial charge in [-0.1, -0.05) is 71.4 Å². The van der Waals surface area contributed by atoms with Crippen molar-refractivity contribution < 1.29 is 4.79 Å². The molecule has 5 nitrogen and oxygen atoms in total. The van der Waals surface area contributed by atoms with Crippen molar-refractivity contribution in [2.75, 3.05) is 5.32 Å². The maximum absolute atomic E-state index is 12.9. The van der Waals surface area contributed by atoms with E-state index in [1.807, 2.05) is 28.9 Å². The average molecular weight is 437 g/mol. The van der Waals surface area contributed by atoms with Crippen LogP contribution >= 0.6 is 23.4 Å². The summed E-state index contributed by atoms with van der Waals surface area (Å²) in [5.74, 6) is 1.57. The van der Waals surface area contributed by atoms with Gasteiger partial charge in [-0.3, -0.25) is 4.79 Å². The topological polar surface area (TPSA) is 59.8 Å². The molecule has 0 bridgehead atoms. The van der Waals surface area contributed by atoms with Gasteiger partial charge in [0, 0.05) is 28.5 Å². The van der Waals surface area contributed by atoms with E-state index in [9.17, 15) is 4.79 Å². The second-order valence-corrected chi connectivity index (χ2v) is 9.00. The van der Waals surface area contributed by atoms with E-state index in [2.05, 4.69) is 36.5 Å². The van der Waals surface area contributed by atoms with Crippen molar-refractivity contribution in [2.24, 2.45) is 0 Å². The molecule has 30 heavy (non-hydrogen) atoms. The fraction of sp³-hybridized carbons (Fsp3) is 0.261. The number of allylic oxidation sites excluding steroid dienone is 2. The highest BCUT2D eigenvalue weighted by Crippen LogP contribution is 2.40. The minimum Gasteiger partial charge on any atom is -0.328 e. The fourth-order valence-electron chi connectivity index (χ4n) is 4.01. The number of hydrogen-bond acceptors (Lipinski definition) is 5. The van der Waals surface area contributed by atoms with Crippen molar-refractivity contribution in [2.45, 2.75) is 43.1 Å². The summed E-state index contributed by atoms with van der Waals surface area (Å²) in [5.41, 5.74) is 5.10. The summed E-state index contributed by atoms with van der Waals surface area (Å²) in [7, 11) is 0. The molecule has 2 heterocycles. The second-order valence-electron chi connectivity index (χ2n) is 7.65. The molecule has 0 amide bonds. The number of benzene rings is 2. The van der Waals surface area contributed by atoms with Gasteiger partial charge < -0.3 is 5.32 Å². The lowest BCUT2D eigenvalue weighted by Gasteiger charge is -2.32. The molecule has 2 aromatic carbocycles. The van der Waals surface area contributed by atoms with E-state index in [0.29, 0.717) is 23.3 Å². The number of halogens is 1. The molecule has 1 N–H and O–H groups in total. The van der Waals surface area contributed by atoms with Gasteiger partial charge in [-0.2, -0.15) is 4.98 Å². The molecule has 152 valence electrons. The Balaban J connectivity index is 1.51. The molecule has 1 atom stereocenters. The van der Waals surface area contributed by atoms with Gasteiger partial charge >= 0.3 is 0 Å². The number of aryl methyl sites for hydroxylation is 1. The molecule has 0 unspecified atom stereocenters. The van der Waals surface area contributed by atoms with Crippen LogP contribution in [0.5, 0.6) is 0 Å². The van der Waals surface area contributed by atoms with Gasteiger partial charge in [-0.05, 0) is 37.0 Å². The van der Waals surface area contributed by atoms with Gasteiger partial charge in [0.25, 0.3) is 0 Å². The predicted molar refractivity (Wildman–Crippen MR) is 120 cm³/mol. The number of rotatable bonds is 4. The molecule has 0 radical (unpaired) electrons. The molecule has 3 aromatic rings. The number of thioether (sulfide) groups is 1. The van der Waals surface area contributed by atoms with Crippen molar-refractivity contribution in [1.29, 1.82) is 0 Å². The van der Waals surface area contributed by atoms with Gasteiger partial charge in [0.15, 0.2) is 5.78 Å². The number of nitrogens with one attached hydrogen (secondary N) is 1. The summed E-state index contributed by atoms with van der Waals surface area (Å²) in [6, 6.07) is 15.9. The zero-order chi connectivity index (χ0) is 20.7. The maximum atomic E-state index is 12.9. The number of ketones is 1. The lowest BCUT2D eigenvalue weighted by molar-refractivity contribution is -0.116. The third kappa shape index (κ3) is 3.55. The van der Waals surface area contributed by atoms with Crippen LogP contribution in [0.15, 0.2) is 65.0 Å². The highest BCUT2D eigenvalue weighted by atomic mass is 35.5. The van der Waals surface area contributed by atoms with E-state index in [1.165, 1.54) is 5.56 Å². The smallest absolute Gasteiger partial charge is 0.227 e. The summed E-state index contributed by atoms with van der Waals surface area (Å²) >= 11 is 7.83. The van der Waals surface area contributed by atoms with Crippen LogP contribution in [0.1, 0.15) is 42.0 Å². The molecule has 0 saturated carbocycles. The fourth-order valence-corrected chi connectivity index (χ4v) is 5.13. The lowest BCUT2D eigenvalue weighted by atomic mass is 9.85. The molecule has 1 aromatic heterocycles. The highest BCUT2D eigenvalue weighted by molar-refractivity contribution is 7.98. The Morgan fingerprint density at radius 3 is 2.77 bits per heavy atom. The Morgan fingerprint density at radius 2 is 1.97 bits per heavy atom. The zero-order valence-corrected chi connectivity index (χ0v) is 18.1. The van der Waals surface area contributed by atoms with Crippen molar-refractivity contribution in [3.63, 3.8) is 0 Å². The first-order valence-electron chi connectivity index (χ1n) is 10.0. The first-order valence-corrected chi connectivity index (χ1v) is 11.4. The highest BCUT2D eigenvalue weighted by Gasteiger charge is 2.36. The summed E-state index contributed by atoms with van der Waals surface area (Å²) in [6.07, 6.45) is 2.31. The van der Waals surface area contributed by atoms with Crippen LogP contribution in [-0.4, -0.2) is 20.5 Å². The number of aromatic nitrogens is 3. The number of carbonyl (C=O) groups is 1. The Labute approximate surface area is 184 Å². The molecule has 0 fully saturated rings. The number of carbonyl (C=O) groups excluding carboxylic acids is 1. The Hall–Kier alpha value is -2.57. The van der Waals surface area contributed by atoms with Crippen LogP contribution in [0.4, 0.5) is 5.95 Å². The van der Waals surface area contributed by atoms with Crippen molar-refractivity contribution in [3.05, 3.63) is 81.5 Å². The predicted octanol–water partition coefficient (Wildman–Crippen LogP) is 5.55. The summed E-state index contributed by atoms with van der Waals surface area (Å²) in [6.45, 7) is 2.06. The van der Waals surface area contributed by atoms with Crippen LogP contribution in [0.2, 0.25) is 5.02 Å². The van der Waals surface area contributed by atoms with Crippen LogP contribution in [-0.2, 0) is 10.5 Å². The van der Waals surface area contributed by atoms with Gasteiger partial charge in [0.05, 0.1) is 0 Å². The van der Waals surface area contributed by atoms with E-state index >= 15 is 0 Å². The molecular weight excluding hydrogens is 416 g/mol. The van der Waals surface area contributed by atoms with Gasteiger partial charge in [-0.15, -0.1) is 5.10 Å². The Bertz CT molecular complexity index is 1150. The molecule has 2 aliphatic rings. The van der Waals surface area contributed by atoms with Crippen molar-refractivity contribution in [1.82, 2.24) is 14.8 Å². The molecule has 5 rings (SSSR count). The zero-order valence-electron chi connectivity index (χ0n) is 16.6. The molecular formula is C23H21ClN4OS. The third-order valence-corrected chi connectivity index (χ3v) is 6.81. The summed E-state index contributed by atoms with van der Waals surface area (Å²) in [5, 5.41) is 9.57. The van der Waals surface area contributed by atoms with Crippen molar-refractivity contribution >= 4 is 35.1 Å². The standard InChI is InChI=1S/C23H21ClN4OS/c1-14-9-11-15(12-10-14)21-20-18(7-4-8-19(20)29)25-22-26-23(27-28(21)22)30-13-16-5-2-3-6-17(16)24/h2-3,5-6,9-12,21H,4,7-8,13H2,1H3,(H,25,26,27)/t21-/m0/s1. The molecule has 7 heteroatoms. The van der Waals surface area contributed by atoms with E-state index in [4.69, 9.17) is 21.7 Å². The van der Waals surface area contributed by atoms with E-state index in [0.717, 1.165) is 40.3 Å². The quantitative estimate of drug-likeness (QED) is 0.543. The minimum absolute atomic E-state index is 0.195. The number of hydrogen-bond donors (Lipinski definition) is 1. The van der Waals surface area contributed by atoms with Crippen molar-refractivity contribution in [3.8, 4) is 0 Å². The second kappa shape index (κ2) is 7.93. The molecule has 1 aliphatic carbocycles. The normalized spacial score (nSPS) is 18.1. The van der Waals surface area contributed by atoms with E-state index in [-0.39, 0.29) is 11.8 Å². The first kappa shape index (κ1) is 19.4. The maximum Gasteiger partial charge on any atom is 0.227 e. The van der Waals surface area contributed by atoms with Crippen LogP contribution in [0.25, 0.3) is 0 Å². The largest absolute Gasteiger partial charge is 0.328 e. The van der Waals surface area contributed by atoms with Gasteiger partial charge in [0.1, 0.15) is 6.04 Å². The van der Waals surface area contributed by atoms with Gasteiger partial charge in [0.2, 0.25) is 11.1 Å². The molecule has 0 saturated heterocycles. The Morgan fingerprint density at radius 1 is 1.17 bits per heavy atom. The number of anilines is 1. The van der Waals surface area contributed by atoms with Crippen LogP contribution in [0, 0.1) is 6.92 Å². The van der Waals surface area contributed by atoms with Gasteiger partial charge in [-0.25, -0.2) is 4.68 Å². The number of nitrogens with zero attached hydrogens (tertiary/aromatic N) is 3. The van der Waals surface area contributed by atoms with Crippen LogP contribution < -0.4 is 5.32 Å². The Kier molecular flexibility index (Phi) is 5.13. The molecule has 1 aliphatic heterocycles.